The van der Waals surface area contributed by atoms with Gasteiger partial charge < -0.3 is 30.0 Å². The molecule has 0 aliphatic carbocycles. The molecule has 0 spiro atoms. The lowest BCUT2D eigenvalue weighted by atomic mass is 9.95. The van der Waals surface area contributed by atoms with Crippen LogP contribution in [0.5, 0.6) is 23.0 Å². The molecule has 0 atom stereocenters. The first kappa shape index (κ1) is 27.3. The van der Waals surface area contributed by atoms with Gasteiger partial charge in [0, 0.05) is 24.7 Å². The minimum atomic E-state index is -0.706. The maximum Gasteiger partial charge on any atom is 0.332 e. The number of nitrogens with two attached hydrogens (primary N) is 1. The number of amides is 1. The first-order chi connectivity index (χ1) is 18.6. The maximum absolute atomic E-state index is 13.8. The second-order valence-electron chi connectivity index (χ2n) is 8.36. The lowest BCUT2D eigenvalue weighted by molar-refractivity contribution is 0.102. The van der Waals surface area contributed by atoms with E-state index < -0.39 is 17.2 Å². The number of ether oxygens (including phenoxy) is 4. The van der Waals surface area contributed by atoms with E-state index in [0.717, 1.165) is 4.57 Å². The van der Waals surface area contributed by atoms with Crippen LogP contribution in [0.3, 0.4) is 0 Å². The van der Waals surface area contributed by atoms with Gasteiger partial charge in [-0.05, 0) is 35.9 Å². The smallest absolute Gasteiger partial charge is 0.332 e. The number of nitrogens with one attached hydrogen (secondary N) is 1. The normalized spacial score (nSPS) is 10.8. The summed E-state index contributed by atoms with van der Waals surface area (Å²) in [6, 6.07) is 7.83. The summed E-state index contributed by atoms with van der Waals surface area (Å²) in [7, 11) is 8.53. The van der Waals surface area contributed by atoms with Gasteiger partial charge in [-0.1, -0.05) is 11.6 Å². The van der Waals surface area contributed by atoms with Crippen LogP contribution in [0.1, 0.15) is 10.4 Å². The third-order valence-electron chi connectivity index (χ3n) is 6.21. The number of nitrogens with zero attached hydrogens (tertiary/aromatic N) is 3. The molecule has 4 aromatic rings. The number of anilines is 2. The van der Waals surface area contributed by atoms with E-state index in [1.165, 1.54) is 53.2 Å². The molecule has 39 heavy (non-hydrogen) atoms. The van der Waals surface area contributed by atoms with Crippen molar-refractivity contribution in [3.05, 3.63) is 61.8 Å². The van der Waals surface area contributed by atoms with Crippen molar-refractivity contribution >= 4 is 40.0 Å². The second kappa shape index (κ2) is 10.6. The molecule has 12 nitrogen and oxygen atoms in total. The summed E-state index contributed by atoms with van der Waals surface area (Å²) in [6.07, 6.45) is 0. The van der Waals surface area contributed by atoms with Gasteiger partial charge in [-0.2, -0.15) is 0 Å². The summed E-state index contributed by atoms with van der Waals surface area (Å²) < 4.78 is 23.9. The summed E-state index contributed by atoms with van der Waals surface area (Å²) in [5.74, 6) is 0.229. The Bertz CT molecular complexity index is 1720. The molecule has 0 bridgehead atoms. The van der Waals surface area contributed by atoms with Crippen LogP contribution in [0.15, 0.2) is 39.9 Å². The zero-order valence-electron chi connectivity index (χ0n) is 22.0. The van der Waals surface area contributed by atoms with E-state index in [1.54, 1.807) is 24.3 Å². The molecular weight excluding hydrogens is 530 g/mol. The average molecular weight is 556 g/mol. The lowest BCUT2D eigenvalue weighted by Crippen LogP contribution is -2.38. The van der Waals surface area contributed by atoms with E-state index in [1.807, 2.05) is 0 Å². The number of aryl methyl sites for hydroxylation is 1. The number of pyridine rings is 1. The van der Waals surface area contributed by atoms with Crippen LogP contribution in [-0.4, -0.2) is 48.5 Å². The number of rotatable bonds is 7. The van der Waals surface area contributed by atoms with Crippen molar-refractivity contribution in [2.45, 2.75) is 0 Å². The van der Waals surface area contributed by atoms with Gasteiger partial charge in [-0.3, -0.25) is 18.7 Å². The van der Waals surface area contributed by atoms with Crippen LogP contribution < -0.4 is 41.2 Å². The molecule has 0 saturated heterocycles. The molecule has 204 valence electrons. The van der Waals surface area contributed by atoms with Crippen LogP contribution in [-0.2, 0) is 14.1 Å². The number of hydrogen-bond acceptors (Lipinski definition) is 9. The first-order valence-electron chi connectivity index (χ1n) is 11.4. The molecule has 0 fully saturated rings. The molecule has 0 saturated carbocycles. The van der Waals surface area contributed by atoms with Gasteiger partial charge >= 0.3 is 5.69 Å². The summed E-state index contributed by atoms with van der Waals surface area (Å²) in [4.78, 5) is 44.3. The average Bonchev–Trinajstić information content (AvgIpc) is 2.93. The Hall–Kier alpha value is -4.71. The minimum absolute atomic E-state index is 0.0127. The molecular formula is C26H26ClN5O7. The van der Waals surface area contributed by atoms with E-state index in [0.29, 0.717) is 22.1 Å². The van der Waals surface area contributed by atoms with E-state index in [-0.39, 0.29) is 45.2 Å². The highest BCUT2D eigenvalue weighted by molar-refractivity contribution is 6.31. The maximum atomic E-state index is 13.8. The molecule has 13 heteroatoms. The molecule has 0 aliphatic heterocycles. The summed E-state index contributed by atoms with van der Waals surface area (Å²) in [6.45, 7) is 0. The van der Waals surface area contributed by atoms with E-state index >= 15 is 0 Å². The number of hydrogen-bond donors (Lipinski definition) is 2. The Kier molecular flexibility index (Phi) is 7.41. The number of carbonyl (C=O) groups is 1. The summed E-state index contributed by atoms with van der Waals surface area (Å²) in [5, 5.41) is 3.07. The van der Waals surface area contributed by atoms with Crippen molar-refractivity contribution in [2.75, 3.05) is 39.5 Å². The van der Waals surface area contributed by atoms with E-state index in [4.69, 9.17) is 36.3 Å². The molecule has 0 radical (unpaired) electrons. The third kappa shape index (κ3) is 4.59. The van der Waals surface area contributed by atoms with Crippen molar-refractivity contribution in [1.29, 1.82) is 0 Å². The van der Waals surface area contributed by atoms with Crippen LogP contribution in [0, 0.1) is 0 Å². The molecule has 1 amide bonds. The lowest BCUT2D eigenvalue weighted by Gasteiger charge is -2.19. The van der Waals surface area contributed by atoms with Crippen LogP contribution >= 0.6 is 11.6 Å². The van der Waals surface area contributed by atoms with Gasteiger partial charge in [0.05, 0.1) is 45.1 Å². The number of fused-ring (bicyclic) bond motifs is 1. The predicted molar refractivity (Wildman–Crippen MR) is 148 cm³/mol. The SMILES string of the molecule is COc1ccc(Cl)cc1NC(=O)c1c(N)nc2c(c1-c1cc(OC)c(OC)c(OC)c1)c(=O)n(C)c(=O)n2C. The largest absolute Gasteiger partial charge is 0.495 e. The standard InChI is InChI=1S/C26H26ClN5O7/c1-31-23-20(25(34)32(2)26(31)35)18(12-9-16(37-4)21(39-6)17(10-12)38-5)19(22(28)30-23)24(33)29-14-11-13(27)7-8-15(14)36-3/h7-11H,1-6H3,(H2,28,30)(H,29,33). The van der Waals surface area contributed by atoms with Crippen molar-refractivity contribution in [1.82, 2.24) is 14.1 Å². The quantitative estimate of drug-likeness (QED) is 0.351. The highest BCUT2D eigenvalue weighted by atomic mass is 35.5. The van der Waals surface area contributed by atoms with Crippen molar-refractivity contribution in [2.24, 2.45) is 14.1 Å². The Morgan fingerprint density at radius 2 is 1.54 bits per heavy atom. The Labute approximate surface area is 227 Å². The fourth-order valence-corrected chi connectivity index (χ4v) is 4.48. The monoisotopic (exact) mass is 555 g/mol. The Balaban J connectivity index is 2.14. The molecule has 0 aliphatic rings. The van der Waals surface area contributed by atoms with Crippen LogP contribution in [0.2, 0.25) is 5.02 Å². The van der Waals surface area contributed by atoms with E-state index in [9.17, 15) is 14.4 Å². The number of benzene rings is 2. The van der Waals surface area contributed by atoms with Gasteiger partial charge in [0.25, 0.3) is 11.5 Å². The Morgan fingerprint density at radius 1 is 0.923 bits per heavy atom. The topological polar surface area (TPSA) is 149 Å². The van der Waals surface area contributed by atoms with Gasteiger partial charge in [-0.15, -0.1) is 0 Å². The molecule has 0 unspecified atom stereocenters. The van der Waals surface area contributed by atoms with Crippen LogP contribution in [0.25, 0.3) is 22.2 Å². The third-order valence-corrected chi connectivity index (χ3v) is 6.44. The number of halogens is 1. The van der Waals surface area contributed by atoms with Gasteiger partial charge in [0.2, 0.25) is 5.75 Å². The molecule has 3 N–H and O–H groups in total. The first-order valence-corrected chi connectivity index (χ1v) is 11.8. The zero-order chi connectivity index (χ0) is 28.6. The number of nitrogen functional groups attached to an aromatic ring is 1. The second-order valence-corrected chi connectivity index (χ2v) is 8.80. The summed E-state index contributed by atoms with van der Waals surface area (Å²) in [5.41, 5.74) is 5.59. The number of aromatic nitrogens is 3. The highest BCUT2D eigenvalue weighted by Gasteiger charge is 2.28. The Morgan fingerprint density at radius 3 is 2.10 bits per heavy atom. The van der Waals surface area contributed by atoms with Gasteiger partial charge in [0.15, 0.2) is 17.1 Å². The van der Waals surface area contributed by atoms with Crippen molar-refractivity contribution in [3.8, 4) is 34.1 Å². The van der Waals surface area contributed by atoms with Crippen molar-refractivity contribution < 1.29 is 23.7 Å². The molecule has 2 aromatic heterocycles. The van der Waals surface area contributed by atoms with Gasteiger partial charge in [0.1, 0.15) is 11.6 Å². The molecule has 2 heterocycles. The minimum Gasteiger partial charge on any atom is -0.495 e. The molecule has 4 rings (SSSR count). The fourth-order valence-electron chi connectivity index (χ4n) is 4.31. The van der Waals surface area contributed by atoms with E-state index in [2.05, 4.69) is 10.3 Å². The molecule has 2 aromatic carbocycles. The van der Waals surface area contributed by atoms with Crippen molar-refractivity contribution in [3.63, 3.8) is 0 Å². The predicted octanol–water partition coefficient (Wildman–Crippen LogP) is 2.82. The van der Waals surface area contributed by atoms with Gasteiger partial charge in [-0.25, -0.2) is 9.78 Å². The zero-order valence-corrected chi connectivity index (χ0v) is 22.8. The van der Waals surface area contributed by atoms with Crippen LogP contribution in [0.4, 0.5) is 11.5 Å². The number of carbonyl (C=O) groups excluding carboxylic acids is 1. The summed E-state index contributed by atoms with van der Waals surface area (Å²) >= 11 is 6.15. The highest BCUT2D eigenvalue weighted by Crippen LogP contribution is 2.44. The number of methoxy groups -OCH3 is 4. The fraction of sp³-hybridized carbons (Fsp3) is 0.231.